The molecule has 2 aromatic carbocycles. The summed E-state index contributed by atoms with van der Waals surface area (Å²) in [5.41, 5.74) is 1.75. The first-order chi connectivity index (χ1) is 17.9. The molecular formula is C28H35Cl2N3O4. The highest BCUT2D eigenvalue weighted by Crippen LogP contribution is 2.25. The predicted octanol–water partition coefficient (Wildman–Crippen LogP) is 4.63. The van der Waals surface area contributed by atoms with Crippen molar-refractivity contribution in [2.75, 3.05) is 32.8 Å². The number of aliphatic carboxylic acids is 1. The Balaban J connectivity index is 1.29. The molecule has 37 heavy (non-hydrogen) atoms. The maximum atomic E-state index is 13.1. The number of ether oxygens (including phenoxy) is 1. The summed E-state index contributed by atoms with van der Waals surface area (Å²) in [5.74, 6) is -0.559. The molecule has 200 valence electrons. The number of likely N-dealkylation sites (tertiary alicyclic amines) is 2. The fraction of sp³-hybridized carbons (Fsp3) is 0.500. The first kappa shape index (κ1) is 27.7. The molecule has 0 bridgehead atoms. The van der Waals surface area contributed by atoms with E-state index in [4.69, 9.17) is 27.9 Å². The van der Waals surface area contributed by atoms with Gasteiger partial charge in [-0.05, 0) is 86.8 Å². The minimum Gasteiger partial charge on any atom is -0.492 e. The minimum absolute atomic E-state index is 0.200. The number of hydrogen-bond donors (Lipinski definition) is 2. The molecule has 2 atom stereocenters. The molecular weight excluding hydrogens is 513 g/mol. The molecule has 0 radical (unpaired) electrons. The van der Waals surface area contributed by atoms with E-state index in [1.807, 2.05) is 41.3 Å². The van der Waals surface area contributed by atoms with Gasteiger partial charge in [-0.1, -0.05) is 41.8 Å². The van der Waals surface area contributed by atoms with Crippen molar-refractivity contribution >= 4 is 35.1 Å². The van der Waals surface area contributed by atoms with Crippen LogP contribution in [-0.2, 0) is 22.6 Å². The fourth-order valence-electron chi connectivity index (χ4n) is 5.15. The quantitative estimate of drug-likeness (QED) is 0.426. The molecule has 0 aromatic heterocycles. The van der Waals surface area contributed by atoms with Crippen molar-refractivity contribution in [3.05, 3.63) is 63.6 Å². The third-order valence-electron chi connectivity index (χ3n) is 7.08. The van der Waals surface area contributed by atoms with Gasteiger partial charge in [-0.2, -0.15) is 0 Å². The Labute approximate surface area is 228 Å². The van der Waals surface area contributed by atoms with Gasteiger partial charge in [-0.15, -0.1) is 0 Å². The van der Waals surface area contributed by atoms with E-state index in [0.29, 0.717) is 29.6 Å². The van der Waals surface area contributed by atoms with Gasteiger partial charge in [0.1, 0.15) is 18.4 Å². The third kappa shape index (κ3) is 8.34. The molecule has 4 rings (SSSR count). The molecule has 0 saturated carbocycles. The molecule has 9 heteroatoms. The number of nitrogens with zero attached hydrogens (tertiary/aromatic N) is 2. The van der Waals surface area contributed by atoms with E-state index in [1.54, 1.807) is 6.07 Å². The standard InChI is InChI=1S/C28H35Cl2N3O4/c29-22-15-21(16-23(30)18-22)19-33-12-4-5-26(33)27(34)31-25(28(35)36)17-20-6-8-24(9-7-20)37-14-13-32-10-2-1-3-11-32/h6-9,15-16,18,25-26H,1-5,10-14,17,19H2,(H,31,34)(H,35,36). The number of benzene rings is 2. The van der Waals surface area contributed by atoms with Crippen molar-refractivity contribution in [2.24, 2.45) is 0 Å². The molecule has 2 saturated heterocycles. The molecule has 2 fully saturated rings. The van der Waals surface area contributed by atoms with Gasteiger partial charge in [-0.3, -0.25) is 14.6 Å². The lowest BCUT2D eigenvalue weighted by Crippen LogP contribution is -2.50. The van der Waals surface area contributed by atoms with Crippen molar-refractivity contribution in [1.29, 1.82) is 0 Å². The van der Waals surface area contributed by atoms with Gasteiger partial charge < -0.3 is 15.2 Å². The van der Waals surface area contributed by atoms with Crippen LogP contribution in [0.5, 0.6) is 5.75 Å². The average molecular weight is 549 g/mol. The maximum Gasteiger partial charge on any atom is 0.326 e. The van der Waals surface area contributed by atoms with Crippen molar-refractivity contribution in [1.82, 2.24) is 15.1 Å². The first-order valence-corrected chi connectivity index (χ1v) is 13.8. The molecule has 7 nitrogen and oxygen atoms in total. The molecule has 2 N–H and O–H groups in total. The number of carbonyl (C=O) groups is 2. The van der Waals surface area contributed by atoms with E-state index in [0.717, 1.165) is 49.5 Å². The van der Waals surface area contributed by atoms with Crippen molar-refractivity contribution < 1.29 is 19.4 Å². The SMILES string of the molecule is O=C(O)C(Cc1ccc(OCCN2CCCCC2)cc1)NC(=O)C1CCCN1Cc1cc(Cl)cc(Cl)c1. The normalized spacial score (nSPS) is 19.5. The number of piperidine rings is 1. The second kappa shape index (κ2) is 13.5. The molecule has 2 heterocycles. The third-order valence-corrected chi connectivity index (χ3v) is 7.51. The van der Waals surface area contributed by atoms with Crippen LogP contribution in [0.25, 0.3) is 0 Å². The van der Waals surface area contributed by atoms with Crippen LogP contribution in [0.15, 0.2) is 42.5 Å². The van der Waals surface area contributed by atoms with Gasteiger partial charge >= 0.3 is 5.97 Å². The Kier molecular flexibility index (Phi) is 10.1. The van der Waals surface area contributed by atoms with Crippen LogP contribution in [0.3, 0.4) is 0 Å². The van der Waals surface area contributed by atoms with Crippen LogP contribution in [0, 0.1) is 0 Å². The Morgan fingerprint density at radius 1 is 0.973 bits per heavy atom. The van der Waals surface area contributed by atoms with Gasteiger partial charge in [0.15, 0.2) is 0 Å². The number of carboxylic acid groups (broad SMARTS) is 1. The smallest absolute Gasteiger partial charge is 0.326 e. The van der Waals surface area contributed by atoms with E-state index in [-0.39, 0.29) is 12.3 Å². The van der Waals surface area contributed by atoms with Gasteiger partial charge in [0.2, 0.25) is 5.91 Å². The largest absolute Gasteiger partial charge is 0.492 e. The Hall–Kier alpha value is -2.32. The number of carboxylic acids is 1. The summed E-state index contributed by atoms with van der Waals surface area (Å²) in [5, 5.41) is 13.7. The van der Waals surface area contributed by atoms with Crippen LogP contribution < -0.4 is 10.1 Å². The number of amides is 1. The van der Waals surface area contributed by atoms with Crippen molar-refractivity contribution in [2.45, 2.75) is 57.2 Å². The second-order valence-corrected chi connectivity index (χ2v) is 10.8. The summed E-state index contributed by atoms with van der Waals surface area (Å²) < 4.78 is 5.87. The summed E-state index contributed by atoms with van der Waals surface area (Å²) in [6.45, 7) is 5.09. The average Bonchev–Trinajstić information content (AvgIpc) is 3.33. The molecule has 2 unspecified atom stereocenters. The highest BCUT2D eigenvalue weighted by Gasteiger charge is 2.33. The van der Waals surface area contributed by atoms with Crippen LogP contribution in [0.1, 0.15) is 43.2 Å². The number of carbonyl (C=O) groups excluding carboxylic acids is 1. The van der Waals surface area contributed by atoms with E-state index < -0.39 is 18.1 Å². The second-order valence-electron chi connectivity index (χ2n) is 9.90. The number of halogens is 2. The van der Waals surface area contributed by atoms with Crippen LogP contribution in [-0.4, -0.2) is 71.7 Å². The van der Waals surface area contributed by atoms with Crippen molar-refractivity contribution in [3.63, 3.8) is 0 Å². The lowest BCUT2D eigenvalue weighted by molar-refractivity contribution is -0.142. The Bertz CT molecular complexity index is 1040. The summed E-state index contributed by atoms with van der Waals surface area (Å²) >= 11 is 12.2. The highest BCUT2D eigenvalue weighted by molar-refractivity contribution is 6.34. The molecule has 2 aliphatic heterocycles. The Morgan fingerprint density at radius 2 is 1.68 bits per heavy atom. The monoisotopic (exact) mass is 547 g/mol. The zero-order valence-electron chi connectivity index (χ0n) is 21.0. The summed E-state index contributed by atoms with van der Waals surface area (Å²) in [6, 6.07) is 11.4. The van der Waals surface area contributed by atoms with Crippen LogP contribution in [0.4, 0.5) is 0 Å². The molecule has 1 amide bonds. The van der Waals surface area contributed by atoms with E-state index in [9.17, 15) is 14.7 Å². The van der Waals surface area contributed by atoms with Crippen molar-refractivity contribution in [3.8, 4) is 5.75 Å². The summed E-state index contributed by atoms with van der Waals surface area (Å²) in [7, 11) is 0. The first-order valence-electron chi connectivity index (χ1n) is 13.0. The molecule has 0 aliphatic carbocycles. The molecule has 2 aromatic rings. The van der Waals surface area contributed by atoms with Gasteiger partial charge in [0.25, 0.3) is 0 Å². The zero-order chi connectivity index (χ0) is 26.2. The van der Waals surface area contributed by atoms with E-state index >= 15 is 0 Å². The van der Waals surface area contributed by atoms with E-state index in [2.05, 4.69) is 10.2 Å². The highest BCUT2D eigenvalue weighted by atomic mass is 35.5. The lowest BCUT2D eigenvalue weighted by atomic mass is 10.0. The fourth-order valence-corrected chi connectivity index (χ4v) is 5.72. The number of rotatable bonds is 11. The van der Waals surface area contributed by atoms with Crippen LogP contribution >= 0.6 is 23.2 Å². The molecule has 2 aliphatic rings. The summed E-state index contributed by atoms with van der Waals surface area (Å²) in [4.78, 5) is 29.5. The minimum atomic E-state index is -1.05. The predicted molar refractivity (Wildman–Crippen MR) is 145 cm³/mol. The number of hydrogen-bond acceptors (Lipinski definition) is 5. The lowest BCUT2D eigenvalue weighted by Gasteiger charge is -2.26. The van der Waals surface area contributed by atoms with Crippen LogP contribution in [0.2, 0.25) is 10.0 Å². The molecule has 0 spiro atoms. The topological polar surface area (TPSA) is 82.1 Å². The maximum absolute atomic E-state index is 13.1. The summed E-state index contributed by atoms with van der Waals surface area (Å²) in [6.07, 6.45) is 5.57. The van der Waals surface area contributed by atoms with Gasteiger partial charge in [0, 0.05) is 29.6 Å². The van der Waals surface area contributed by atoms with E-state index in [1.165, 1.54) is 19.3 Å². The van der Waals surface area contributed by atoms with Gasteiger partial charge in [-0.25, -0.2) is 4.79 Å². The van der Waals surface area contributed by atoms with Gasteiger partial charge in [0.05, 0.1) is 6.04 Å². The zero-order valence-corrected chi connectivity index (χ0v) is 22.5. The Morgan fingerprint density at radius 3 is 2.35 bits per heavy atom. The number of nitrogens with one attached hydrogen (secondary N) is 1.